The fourth-order valence-corrected chi connectivity index (χ4v) is 2.09. The highest BCUT2D eigenvalue weighted by molar-refractivity contribution is 5.47. The largest absolute Gasteiger partial charge is 0.389 e. The first-order valence-corrected chi connectivity index (χ1v) is 6.70. The lowest BCUT2D eigenvalue weighted by atomic mass is 10.1. The minimum absolute atomic E-state index is 0.632. The molecule has 1 aliphatic rings. The van der Waals surface area contributed by atoms with Crippen LogP contribution >= 0.6 is 0 Å². The van der Waals surface area contributed by atoms with E-state index in [-0.39, 0.29) is 0 Å². The van der Waals surface area contributed by atoms with Crippen LogP contribution in [0.4, 0.5) is 5.69 Å². The molecule has 18 heavy (non-hydrogen) atoms. The molecule has 0 heterocycles. The van der Waals surface area contributed by atoms with E-state index < -0.39 is 5.60 Å². The molecule has 0 spiro atoms. The van der Waals surface area contributed by atoms with Gasteiger partial charge >= 0.3 is 0 Å². The van der Waals surface area contributed by atoms with Gasteiger partial charge in [0.15, 0.2) is 0 Å². The normalized spacial score (nSPS) is 15.8. The molecule has 1 aromatic rings. The van der Waals surface area contributed by atoms with Gasteiger partial charge in [0.1, 0.15) is 0 Å². The molecule has 1 saturated carbocycles. The van der Waals surface area contributed by atoms with E-state index in [1.807, 2.05) is 20.9 Å². The third kappa shape index (κ3) is 4.31. The van der Waals surface area contributed by atoms with Crippen LogP contribution in [0, 0.1) is 0 Å². The second-order valence-electron chi connectivity index (χ2n) is 5.99. The van der Waals surface area contributed by atoms with Gasteiger partial charge in [-0.15, -0.1) is 0 Å². The van der Waals surface area contributed by atoms with Crippen LogP contribution in [-0.2, 0) is 6.54 Å². The van der Waals surface area contributed by atoms with Gasteiger partial charge in [-0.05, 0) is 44.4 Å². The minimum atomic E-state index is -0.666. The number of hydrogen-bond acceptors (Lipinski definition) is 3. The molecule has 0 amide bonds. The van der Waals surface area contributed by atoms with Gasteiger partial charge in [-0.25, -0.2) is 0 Å². The molecular formula is C15H24N2O. The first-order chi connectivity index (χ1) is 8.44. The highest BCUT2D eigenvalue weighted by atomic mass is 16.3. The Kier molecular flexibility index (Phi) is 3.93. The van der Waals surface area contributed by atoms with Gasteiger partial charge in [0.25, 0.3) is 0 Å². The predicted octanol–water partition coefficient (Wildman–Crippen LogP) is 2.15. The molecule has 0 unspecified atom stereocenters. The van der Waals surface area contributed by atoms with Gasteiger partial charge in [0, 0.05) is 31.9 Å². The Bertz CT molecular complexity index is 376. The summed E-state index contributed by atoms with van der Waals surface area (Å²) in [4.78, 5) is 2.08. The monoisotopic (exact) mass is 248 g/mol. The molecule has 3 nitrogen and oxygen atoms in total. The maximum atomic E-state index is 9.80. The molecule has 1 aromatic carbocycles. The SMILES string of the molecule is CN(CC(C)(C)O)c1ccc(CNC2CC2)cc1. The fraction of sp³-hybridized carbons (Fsp3) is 0.600. The van der Waals surface area contributed by atoms with Crippen LogP contribution in [0.1, 0.15) is 32.3 Å². The summed E-state index contributed by atoms with van der Waals surface area (Å²) in [5.41, 5.74) is 1.80. The van der Waals surface area contributed by atoms with Gasteiger partial charge in [0.05, 0.1) is 5.60 Å². The zero-order valence-corrected chi connectivity index (χ0v) is 11.6. The van der Waals surface area contributed by atoms with Crippen molar-refractivity contribution < 1.29 is 5.11 Å². The first kappa shape index (κ1) is 13.4. The Labute approximate surface area is 110 Å². The molecule has 0 radical (unpaired) electrons. The zero-order chi connectivity index (χ0) is 13.2. The van der Waals surface area contributed by atoms with Crippen molar-refractivity contribution in [2.45, 2.75) is 44.9 Å². The lowest BCUT2D eigenvalue weighted by molar-refractivity contribution is 0.0886. The van der Waals surface area contributed by atoms with E-state index in [0.29, 0.717) is 6.54 Å². The van der Waals surface area contributed by atoms with Crippen LogP contribution in [0.5, 0.6) is 0 Å². The Balaban J connectivity index is 1.89. The Morgan fingerprint density at radius 2 is 1.89 bits per heavy atom. The molecule has 1 fully saturated rings. The van der Waals surface area contributed by atoms with E-state index in [1.54, 1.807) is 0 Å². The zero-order valence-electron chi connectivity index (χ0n) is 11.6. The third-order valence-corrected chi connectivity index (χ3v) is 3.17. The summed E-state index contributed by atoms with van der Waals surface area (Å²) in [5.74, 6) is 0. The maximum Gasteiger partial charge on any atom is 0.0765 e. The van der Waals surface area contributed by atoms with Crippen LogP contribution in [0.15, 0.2) is 24.3 Å². The van der Waals surface area contributed by atoms with E-state index in [0.717, 1.165) is 18.3 Å². The molecule has 0 bridgehead atoms. The van der Waals surface area contributed by atoms with Crippen molar-refractivity contribution in [3.8, 4) is 0 Å². The van der Waals surface area contributed by atoms with Gasteiger partial charge in [-0.2, -0.15) is 0 Å². The lowest BCUT2D eigenvalue weighted by Crippen LogP contribution is -2.36. The van der Waals surface area contributed by atoms with Crippen LogP contribution in [0.2, 0.25) is 0 Å². The molecule has 1 aliphatic carbocycles. The third-order valence-electron chi connectivity index (χ3n) is 3.17. The first-order valence-electron chi connectivity index (χ1n) is 6.70. The fourth-order valence-electron chi connectivity index (χ4n) is 2.09. The summed E-state index contributed by atoms with van der Waals surface area (Å²) >= 11 is 0. The quantitative estimate of drug-likeness (QED) is 0.809. The molecule has 2 N–H and O–H groups in total. The summed E-state index contributed by atoms with van der Waals surface area (Å²) < 4.78 is 0. The van der Waals surface area contributed by atoms with Crippen LogP contribution in [0.3, 0.4) is 0 Å². The highest BCUT2D eigenvalue weighted by Crippen LogP contribution is 2.20. The van der Waals surface area contributed by atoms with E-state index in [4.69, 9.17) is 0 Å². The molecular weight excluding hydrogens is 224 g/mol. The number of nitrogens with zero attached hydrogens (tertiary/aromatic N) is 1. The molecule has 0 aliphatic heterocycles. The Morgan fingerprint density at radius 3 is 2.39 bits per heavy atom. The maximum absolute atomic E-state index is 9.80. The Morgan fingerprint density at radius 1 is 1.28 bits per heavy atom. The van der Waals surface area contributed by atoms with Crippen molar-refractivity contribution in [3.05, 3.63) is 29.8 Å². The number of rotatable bonds is 6. The van der Waals surface area contributed by atoms with Crippen LogP contribution in [-0.4, -0.2) is 30.3 Å². The lowest BCUT2D eigenvalue weighted by Gasteiger charge is -2.27. The topological polar surface area (TPSA) is 35.5 Å². The van der Waals surface area contributed by atoms with E-state index in [2.05, 4.69) is 34.5 Å². The smallest absolute Gasteiger partial charge is 0.0765 e. The number of benzene rings is 1. The van der Waals surface area contributed by atoms with Crippen molar-refractivity contribution in [3.63, 3.8) is 0 Å². The van der Waals surface area contributed by atoms with Crippen molar-refractivity contribution in [2.24, 2.45) is 0 Å². The number of hydrogen-bond donors (Lipinski definition) is 2. The van der Waals surface area contributed by atoms with E-state index in [9.17, 15) is 5.11 Å². The number of nitrogens with one attached hydrogen (secondary N) is 1. The average molecular weight is 248 g/mol. The second kappa shape index (κ2) is 5.29. The average Bonchev–Trinajstić information content (AvgIpc) is 3.08. The number of likely N-dealkylation sites (N-methyl/N-ethyl adjacent to an activating group) is 1. The van der Waals surface area contributed by atoms with Crippen molar-refractivity contribution in [1.29, 1.82) is 0 Å². The summed E-state index contributed by atoms with van der Waals surface area (Å²) in [5, 5.41) is 13.3. The molecule has 100 valence electrons. The van der Waals surface area contributed by atoms with Gasteiger partial charge in [0.2, 0.25) is 0 Å². The van der Waals surface area contributed by atoms with Crippen molar-refractivity contribution in [1.82, 2.24) is 5.32 Å². The predicted molar refractivity (Wildman–Crippen MR) is 75.9 cm³/mol. The van der Waals surface area contributed by atoms with E-state index in [1.165, 1.54) is 18.4 Å². The summed E-state index contributed by atoms with van der Waals surface area (Å²) in [7, 11) is 2.01. The standard InChI is InChI=1S/C15H24N2O/c1-15(2,18)11-17(3)14-8-4-12(5-9-14)10-16-13-6-7-13/h4-5,8-9,13,16,18H,6-7,10-11H2,1-3H3. The summed E-state index contributed by atoms with van der Waals surface area (Å²) in [6.45, 7) is 5.25. The van der Waals surface area contributed by atoms with Gasteiger partial charge < -0.3 is 15.3 Å². The molecule has 0 saturated heterocycles. The highest BCUT2D eigenvalue weighted by Gasteiger charge is 2.20. The van der Waals surface area contributed by atoms with Gasteiger partial charge in [-0.1, -0.05) is 12.1 Å². The minimum Gasteiger partial charge on any atom is -0.389 e. The molecule has 0 aromatic heterocycles. The molecule has 2 rings (SSSR count). The van der Waals surface area contributed by atoms with Crippen LogP contribution < -0.4 is 10.2 Å². The Hall–Kier alpha value is -1.06. The summed E-state index contributed by atoms with van der Waals surface area (Å²) in [6.07, 6.45) is 2.65. The van der Waals surface area contributed by atoms with E-state index >= 15 is 0 Å². The van der Waals surface area contributed by atoms with Crippen molar-refractivity contribution >= 4 is 5.69 Å². The molecule has 0 atom stereocenters. The van der Waals surface area contributed by atoms with Crippen LogP contribution in [0.25, 0.3) is 0 Å². The summed E-state index contributed by atoms with van der Waals surface area (Å²) in [6, 6.07) is 9.31. The molecule has 3 heteroatoms. The van der Waals surface area contributed by atoms with Gasteiger partial charge in [-0.3, -0.25) is 0 Å². The number of anilines is 1. The number of aliphatic hydroxyl groups is 1. The van der Waals surface area contributed by atoms with Crippen molar-refractivity contribution in [2.75, 3.05) is 18.5 Å². The second-order valence-corrected chi connectivity index (χ2v) is 5.99.